The van der Waals surface area contributed by atoms with Gasteiger partial charge in [0.25, 0.3) is 5.91 Å². The van der Waals surface area contributed by atoms with E-state index in [1.807, 2.05) is 36.4 Å². The van der Waals surface area contributed by atoms with Crippen molar-refractivity contribution >= 4 is 28.9 Å². The lowest BCUT2D eigenvalue weighted by Crippen LogP contribution is -2.21. The summed E-state index contributed by atoms with van der Waals surface area (Å²) in [6.07, 6.45) is -6.79. The van der Waals surface area contributed by atoms with Crippen LogP contribution in [0.5, 0.6) is 23.1 Å². The van der Waals surface area contributed by atoms with Crippen LogP contribution >= 0.6 is 0 Å². The van der Waals surface area contributed by atoms with E-state index in [4.69, 9.17) is 29.3 Å². The number of alkyl halides is 6. The number of fused-ring (bicyclic) bond motifs is 1. The molecule has 48 heavy (non-hydrogen) atoms. The number of imidazole rings is 1. The average Bonchev–Trinajstić information content (AvgIpc) is 3.44. The minimum atomic E-state index is -5.08. The number of benzene rings is 2. The van der Waals surface area contributed by atoms with Gasteiger partial charge in [0, 0.05) is 50.3 Å². The highest BCUT2D eigenvalue weighted by Crippen LogP contribution is 2.38. The Balaban J connectivity index is 0.000000376. The Morgan fingerprint density at radius 2 is 1.29 bits per heavy atom. The van der Waals surface area contributed by atoms with E-state index < -0.39 is 24.3 Å². The summed E-state index contributed by atoms with van der Waals surface area (Å²) in [4.78, 5) is 48.1. The summed E-state index contributed by atoms with van der Waals surface area (Å²) < 4.78 is 75.7. The van der Waals surface area contributed by atoms with Crippen LogP contribution in [-0.4, -0.2) is 79.3 Å². The Morgan fingerprint density at radius 1 is 0.750 bits per heavy atom. The molecule has 0 saturated heterocycles. The Hall–Kier alpha value is -6.20. The lowest BCUT2D eigenvalue weighted by atomic mass is 10.2. The topological polar surface area (TPSA) is 168 Å². The molecule has 3 aromatic heterocycles. The minimum Gasteiger partial charge on any atom is -0.475 e. The first-order chi connectivity index (χ1) is 22.5. The molecule has 0 radical (unpaired) electrons. The van der Waals surface area contributed by atoms with Crippen molar-refractivity contribution in [3.05, 3.63) is 90.8 Å². The van der Waals surface area contributed by atoms with Crippen LogP contribution in [0.3, 0.4) is 0 Å². The van der Waals surface area contributed by atoms with Crippen molar-refractivity contribution in [2.24, 2.45) is 0 Å². The maximum atomic E-state index is 12.2. The Kier molecular flexibility index (Phi) is 11.6. The SMILES string of the molecule is CN(C)C(=O)c1ccc(Oc2cc3[nH]c(-c4ccccn4)nc3cc2Oc2ccccn2)cc1.O=C(O)C(F)(F)F.O=C(O)C(F)(F)F. The summed E-state index contributed by atoms with van der Waals surface area (Å²) in [5.74, 6) is -3.03. The number of nitrogens with one attached hydrogen (secondary N) is 1. The second-order valence-corrected chi connectivity index (χ2v) is 9.32. The van der Waals surface area contributed by atoms with Crippen molar-refractivity contribution in [3.8, 4) is 34.6 Å². The molecule has 5 rings (SSSR count). The average molecular weight is 680 g/mol. The zero-order valence-corrected chi connectivity index (χ0v) is 24.6. The van der Waals surface area contributed by atoms with Crippen molar-refractivity contribution in [2.75, 3.05) is 14.1 Å². The van der Waals surface area contributed by atoms with Crippen molar-refractivity contribution in [3.63, 3.8) is 0 Å². The van der Waals surface area contributed by atoms with Gasteiger partial charge in [0.15, 0.2) is 17.3 Å². The molecule has 3 heterocycles. The van der Waals surface area contributed by atoms with Crippen molar-refractivity contribution in [1.29, 1.82) is 0 Å². The van der Waals surface area contributed by atoms with Gasteiger partial charge >= 0.3 is 24.3 Å². The molecule has 0 fully saturated rings. The number of rotatable bonds is 6. The first-order valence-electron chi connectivity index (χ1n) is 13.1. The van der Waals surface area contributed by atoms with Gasteiger partial charge in [-0.15, -0.1) is 0 Å². The summed E-state index contributed by atoms with van der Waals surface area (Å²) in [5, 5.41) is 14.2. The van der Waals surface area contributed by atoms with E-state index in [0.29, 0.717) is 40.0 Å². The quantitative estimate of drug-likeness (QED) is 0.167. The molecular weight excluding hydrogens is 656 g/mol. The summed E-state index contributed by atoms with van der Waals surface area (Å²) in [6, 6.07) is 21.6. The van der Waals surface area contributed by atoms with E-state index in [-0.39, 0.29) is 5.91 Å². The third-order valence-corrected chi connectivity index (χ3v) is 5.53. The normalized spacial score (nSPS) is 10.9. The van der Waals surface area contributed by atoms with Crippen molar-refractivity contribution in [2.45, 2.75) is 12.4 Å². The number of aliphatic carboxylic acids is 2. The summed E-state index contributed by atoms with van der Waals surface area (Å²) in [7, 11) is 3.43. The van der Waals surface area contributed by atoms with Gasteiger partial charge in [-0.2, -0.15) is 26.3 Å². The molecule has 1 amide bonds. The van der Waals surface area contributed by atoms with Gasteiger partial charge in [-0.25, -0.2) is 19.6 Å². The van der Waals surface area contributed by atoms with Crippen LogP contribution in [0.2, 0.25) is 0 Å². The second kappa shape index (κ2) is 15.4. The lowest BCUT2D eigenvalue weighted by Gasteiger charge is -2.13. The molecule has 18 heteroatoms. The van der Waals surface area contributed by atoms with Gasteiger partial charge in [-0.3, -0.25) is 9.78 Å². The third kappa shape index (κ3) is 10.4. The smallest absolute Gasteiger partial charge is 0.475 e. The number of carboxylic acids is 2. The molecule has 0 unspecified atom stereocenters. The number of amides is 1. The number of carbonyl (C=O) groups excluding carboxylic acids is 1. The monoisotopic (exact) mass is 679 g/mol. The van der Waals surface area contributed by atoms with Crippen LogP contribution in [0.4, 0.5) is 26.3 Å². The first-order valence-corrected chi connectivity index (χ1v) is 13.1. The molecule has 5 aromatic rings. The van der Waals surface area contributed by atoms with E-state index in [2.05, 4.69) is 19.9 Å². The maximum absolute atomic E-state index is 12.2. The maximum Gasteiger partial charge on any atom is 0.490 e. The van der Waals surface area contributed by atoms with Crippen molar-refractivity contribution < 1.29 is 60.4 Å². The molecule has 0 spiro atoms. The molecule has 0 aliphatic rings. The Morgan fingerprint density at radius 3 is 1.77 bits per heavy atom. The lowest BCUT2D eigenvalue weighted by molar-refractivity contribution is -0.193. The Bertz CT molecular complexity index is 1820. The molecule has 0 bridgehead atoms. The van der Waals surface area contributed by atoms with Gasteiger partial charge in [-0.05, 0) is 42.5 Å². The van der Waals surface area contributed by atoms with E-state index >= 15 is 0 Å². The Labute approximate surface area is 266 Å². The molecule has 12 nitrogen and oxygen atoms in total. The minimum absolute atomic E-state index is 0.0772. The highest BCUT2D eigenvalue weighted by molar-refractivity contribution is 5.94. The highest BCUT2D eigenvalue weighted by atomic mass is 19.4. The van der Waals surface area contributed by atoms with Gasteiger partial charge in [0.2, 0.25) is 5.88 Å². The van der Waals surface area contributed by atoms with Gasteiger partial charge in [0.1, 0.15) is 11.4 Å². The van der Waals surface area contributed by atoms with Gasteiger partial charge in [-0.1, -0.05) is 12.1 Å². The van der Waals surface area contributed by atoms with Crippen molar-refractivity contribution in [1.82, 2.24) is 24.8 Å². The number of H-pyrrole nitrogens is 1. The summed E-state index contributed by atoms with van der Waals surface area (Å²) >= 11 is 0. The van der Waals surface area contributed by atoms with Crippen LogP contribution < -0.4 is 9.47 Å². The van der Waals surface area contributed by atoms with E-state index in [0.717, 1.165) is 11.2 Å². The van der Waals surface area contributed by atoms with Crippen LogP contribution in [0.15, 0.2) is 85.2 Å². The highest BCUT2D eigenvalue weighted by Gasteiger charge is 2.38. The fourth-order valence-corrected chi connectivity index (χ4v) is 3.37. The molecule has 252 valence electrons. The molecule has 0 saturated carbocycles. The summed E-state index contributed by atoms with van der Waals surface area (Å²) in [6.45, 7) is 0. The number of nitrogens with zero attached hydrogens (tertiary/aromatic N) is 4. The number of aromatic amines is 1. The zero-order valence-electron chi connectivity index (χ0n) is 24.6. The predicted molar refractivity (Wildman–Crippen MR) is 156 cm³/mol. The van der Waals surface area contributed by atoms with Crippen LogP contribution in [0.1, 0.15) is 10.4 Å². The number of carbonyl (C=O) groups is 3. The van der Waals surface area contributed by atoms with Crippen LogP contribution in [0, 0.1) is 0 Å². The summed E-state index contributed by atoms with van der Waals surface area (Å²) in [5.41, 5.74) is 2.77. The molecule has 0 aliphatic heterocycles. The standard InChI is InChI=1S/C26H21N5O3.2C2HF3O2/c1-31(2)26(32)17-9-11-18(12-10-17)33-22-15-20-21(16-23(22)34-24-8-4-6-14-28-24)30-25(29-20)19-7-3-5-13-27-19;2*3-2(4,5)1(6)7/h3-16H,1-2H3,(H,29,30);2*(H,6,7). The van der Waals surface area contributed by atoms with E-state index in [1.54, 1.807) is 62.9 Å². The molecule has 0 atom stereocenters. The first kappa shape index (κ1) is 36.3. The van der Waals surface area contributed by atoms with Gasteiger partial charge < -0.3 is 29.6 Å². The zero-order chi connectivity index (χ0) is 35.6. The predicted octanol–water partition coefficient (Wildman–Crippen LogP) is 6.57. The molecule has 0 aliphatic carbocycles. The molecule has 3 N–H and O–H groups in total. The largest absolute Gasteiger partial charge is 0.490 e. The fraction of sp³-hybridized carbons (Fsp3) is 0.133. The second-order valence-electron chi connectivity index (χ2n) is 9.32. The number of aromatic nitrogens is 4. The number of hydrogen-bond donors (Lipinski definition) is 3. The van der Waals surface area contributed by atoms with E-state index in [1.165, 1.54) is 4.90 Å². The number of ether oxygens (including phenoxy) is 2. The van der Waals surface area contributed by atoms with Crippen LogP contribution in [0.25, 0.3) is 22.6 Å². The van der Waals surface area contributed by atoms with Gasteiger partial charge in [0.05, 0.1) is 11.0 Å². The number of carboxylic acid groups (broad SMARTS) is 2. The van der Waals surface area contributed by atoms with E-state index in [9.17, 15) is 31.1 Å². The third-order valence-electron chi connectivity index (χ3n) is 5.53. The number of halogens is 6. The van der Waals surface area contributed by atoms with Crippen LogP contribution in [-0.2, 0) is 9.59 Å². The number of pyridine rings is 2. The molecular formula is C30H23F6N5O7. The molecule has 2 aromatic carbocycles. The fourth-order valence-electron chi connectivity index (χ4n) is 3.37. The number of hydrogen-bond acceptors (Lipinski definition) is 8.